The van der Waals surface area contributed by atoms with E-state index in [1.807, 2.05) is 4.90 Å². The summed E-state index contributed by atoms with van der Waals surface area (Å²) in [5.41, 5.74) is 5.50. The average Bonchev–Trinajstić information content (AvgIpc) is 2.92. The van der Waals surface area contributed by atoms with Gasteiger partial charge in [0, 0.05) is 56.8 Å². The summed E-state index contributed by atoms with van der Waals surface area (Å²) in [6.07, 6.45) is 5.82. The Morgan fingerprint density at radius 2 is 1.63 bits per heavy atom. The number of ether oxygens (including phenoxy) is 1. The van der Waals surface area contributed by atoms with Crippen molar-refractivity contribution in [1.29, 1.82) is 0 Å². The molecule has 1 aliphatic carbocycles. The molecule has 0 aromatic heterocycles. The molecule has 2 saturated heterocycles. The predicted molar refractivity (Wildman–Crippen MR) is 137 cm³/mol. The zero-order valence-electron chi connectivity index (χ0n) is 21.0. The largest absolute Gasteiger partial charge is 0.465 e. The van der Waals surface area contributed by atoms with Crippen molar-refractivity contribution in [1.82, 2.24) is 14.7 Å². The minimum absolute atomic E-state index is 0.0411. The first-order valence-corrected chi connectivity index (χ1v) is 13.1. The second kappa shape index (κ2) is 10.5. The number of amides is 1. The van der Waals surface area contributed by atoms with Gasteiger partial charge in [-0.2, -0.15) is 0 Å². The molecular weight excluding hydrogens is 438 g/mol. The highest BCUT2D eigenvalue weighted by Gasteiger charge is 2.30. The first-order chi connectivity index (χ1) is 17.0. The summed E-state index contributed by atoms with van der Waals surface area (Å²) in [6.45, 7) is 6.10. The smallest absolute Gasteiger partial charge is 0.337 e. The van der Waals surface area contributed by atoms with E-state index < -0.39 is 0 Å². The molecular formula is C29H37N3O3. The fourth-order valence-electron chi connectivity index (χ4n) is 6.04. The van der Waals surface area contributed by atoms with Crippen LogP contribution < -0.4 is 0 Å². The van der Waals surface area contributed by atoms with Gasteiger partial charge < -0.3 is 14.5 Å². The summed E-state index contributed by atoms with van der Waals surface area (Å²) in [5, 5.41) is 0. The molecule has 6 nitrogen and oxygen atoms in total. The Bertz CT molecular complexity index is 1060. The number of carbonyl (C=O) groups excluding carboxylic acids is 2. The molecule has 186 valence electrons. The van der Waals surface area contributed by atoms with Crippen LogP contribution in [0.5, 0.6) is 0 Å². The number of benzene rings is 2. The number of likely N-dealkylation sites (tertiary alicyclic amines) is 1. The number of rotatable bonds is 4. The van der Waals surface area contributed by atoms with Gasteiger partial charge in [-0.05, 0) is 80.1 Å². The summed E-state index contributed by atoms with van der Waals surface area (Å²) in [7, 11) is 3.58. The molecule has 3 aliphatic rings. The number of hydrogen-bond donors (Lipinski definition) is 0. The first-order valence-electron chi connectivity index (χ1n) is 13.1. The number of piperidine rings is 1. The van der Waals surface area contributed by atoms with Crippen LogP contribution in [0.4, 0.5) is 0 Å². The van der Waals surface area contributed by atoms with Crippen LogP contribution in [0.15, 0.2) is 42.5 Å². The van der Waals surface area contributed by atoms with Crippen LogP contribution in [0, 0.1) is 0 Å². The van der Waals surface area contributed by atoms with Crippen LogP contribution in [-0.2, 0) is 11.2 Å². The van der Waals surface area contributed by atoms with Gasteiger partial charge in [0.25, 0.3) is 5.91 Å². The molecule has 2 aromatic rings. The summed E-state index contributed by atoms with van der Waals surface area (Å²) in [5.74, 6) is 0.0196. The lowest BCUT2D eigenvalue weighted by Gasteiger charge is -2.41. The summed E-state index contributed by atoms with van der Waals surface area (Å²) in [6, 6.07) is 14.5. The van der Waals surface area contributed by atoms with Crippen LogP contribution in [0.1, 0.15) is 75.0 Å². The molecule has 0 N–H and O–H groups in total. The van der Waals surface area contributed by atoms with Crippen molar-refractivity contribution in [2.24, 2.45) is 0 Å². The minimum Gasteiger partial charge on any atom is -0.465 e. The Hall–Kier alpha value is -2.70. The molecule has 6 heteroatoms. The van der Waals surface area contributed by atoms with Crippen molar-refractivity contribution in [2.45, 2.75) is 44.1 Å². The minimum atomic E-state index is -0.385. The van der Waals surface area contributed by atoms with Crippen molar-refractivity contribution < 1.29 is 14.3 Å². The lowest BCUT2D eigenvalue weighted by atomic mass is 9.82. The summed E-state index contributed by atoms with van der Waals surface area (Å²) >= 11 is 0. The molecule has 0 radical (unpaired) electrons. The molecule has 2 aromatic carbocycles. The van der Waals surface area contributed by atoms with Crippen molar-refractivity contribution in [3.8, 4) is 0 Å². The van der Waals surface area contributed by atoms with E-state index in [-0.39, 0.29) is 11.9 Å². The number of piperazine rings is 1. The zero-order chi connectivity index (χ0) is 24.4. The van der Waals surface area contributed by atoms with Crippen molar-refractivity contribution in [3.05, 3.63) is 70.3 Å². The van der Waals surface area contributed by atoms with Crippen LogP contribution in [0.25, 0.3) is 0 Å². The number of carbonyl (C=O) groups is 2. The highest BCUT2D eigenvalue weighted by Crippen LogP contribution is 2.38. The van der Waals surface area contributed by atoms with E-state index in [2.05, 4.69) is 35.0 Å². The summed E-state index contributed by atoms with van der Waals surface area (Å²) in [4.78, 5) is 32.1. The molecule has 2 aliphatic heterocycles. The molecule has 2 fully saturated rings. The van der Waals surface area contributed by atoms with Gasteiger partial charge in [0.05, 0.1) is 12.7 Å². The Morgan fingerprint density at radius 1 is 0.886 bits per heavy atom. The van der Waals surface area contributed by atoms with Crippen molar-refractivity contribution in [3.63, 3.8) is 0 Å². The first kappa shape index (κ1) is 24.0. The fraction of sp³-hybridized carbons (Fsp3) is 0.517. The number of aryl methyl sites for hydroxylation is 1. The Balaban J connectivity index is 1.31. The molecule has 2 atom stereocenters. The predicted octanol–water partition coefficient (Wildman–Crippen LogP) is 4.12. The van der Waals surface area contributed by atoms with E-state index in [1.54, 1.807) is 24.3 Å². The van der Waals surface area contributed by atoms with Gasteiger partial charge in [0.2, 0.25) is 0 Å². The fourth-order valence-corrected chi connectivity index (χ4v) is 6.04. The van der Waals surface area contributed by atoms with Crippen molar-refractivity contribution >= 4 is 11.9 Å². The average molecular weight is 476 g/mol. The van der Waals surface area contributed by atoms with E-state index >= 15 is 0 Å². The number of esters is 1. The third-order valence-corrected chi connectivity index (χ3v) is 8.16. The van der Waals surface area contributed by atoms with Crippen LogP contribution in [-0.4, -0.2) is 80.0 Å². The zero-order valence-corrected chi connectivity index (χ0v) is 21.0. The van der Waals surface area contributed by atoms with E-state index in [0.29, 0.717) is 23.1 Å². The van der Waals surface area contributed by atoms with Gasteiger partial charge >= 0.3 is 5.97 Å². The van der Waals surface area contributed by atoms with Crippen LogP contribution >= 0.6 is 0 Å². The molecule has 2 unspecified atom stereocenters. The monoisotopic (exact) mass is 475 g/mol. The quantitative estimate of drug-likeness (QED) is 0.623. The van der Waals surface area contributed by atoms with E-state index in [1.165, 1.54) is 43.1 Å². The van der Waals surface area contributed by atoms with E-state index in [9.17, 15) is 9.59 Å². The number of likely N-dealkylation sites (N-methyl/N-ethyl adjacent to an activating group) is 1. The van der Waals surface area contributed by atoms with Gasteiger partial charge in [-0.25, -0.2) is 4.79 Å². The van der Waals surface area contributed by atoms with Gasteiger partial charge in [-0.1, -0.05) is 18.2 Å². The van der Waals surface area contributed by atoms with Gasteiger partial charge in [-0.3, -0.25) is 9.69 Å². The number of methoxy groups -OCH3 is 1. The highest BCUT2D eigenvalue weighted by atomic mass is 16.5. The molecule has 35 heavy (non-hydrogen) atoms. The number of fused-ring (bicyclic) bond motifs is 1. The highest BCUT2D eigenvalue weighted by molar-refractivity contribution is 5.96. The Labute approximate surface area is 208 Å². The maximum atomic E-state index is 13.2. The molecule has 0 bridgehead atoms. The summed E-state index contributed by atoms with van der Waals surface area (Å²) < 4.78 is 4.77. The second-order valence-electron chi connectivity index (χ2n) is 10.4. The number of nitrogens with zero attached hydrogens (tertiary/aromatic N) is 3. The third-order valence-electron chi connectivity index (χ3n) is 8.16. The van der Waals surface area contributed by atoms with Crippen molar-refractivity contribution in [2.75, 3.05) is 53.4 Å². The van der Waals surface area contributed by atoms with Crippen LogP contribution in [0.2, 0.25) is 0 Å². The van der Waals surface area contributed by atoms with E-state index in [0.717, 1.165) is 52.1 Å². The lowest BCUT2D eigenvalue weighted by molar-refractivity contribution is 0.0599. The number of hydrogen-bond acceptors (Lipinski definition) is 5. The van der Waals surface area contributed by atoms with Gasteiger partial charge in [-0.15, -0.1) is 0 Å². The molecule has 1 amide bonds. The molecule has 5 rings (SSSR count). The topological polar surface area (TPSA) is 53.1 Å². The Morgan fingerprint density at radius 3 is 2.37 bits per heavy atom. The molecule has 0 saturated carbocycles. The maximum Gasteiger partial charge on any atom is 0.337 e. The maximum absolute atomic E-state index is 13.2. The SMILES string of the molecule is COC(=O)c1ccc(C(=O)N2CCCC(c3ccc4c(c3)C(N3CCN(C)CC3)CCC4)C2)cc1. The van der Waals surface area contributed by atoms with Crippen LogP contribution in [0.3, 0.4) is 0 Å². The lowest BCUT2D eigenvalue weighted by Crippen LogP contribution is -2.46. The van der Waals surface area contributed by atoms with Gasteiger partial charge in [0.15, 0.2) is 0 Å². The Kier molecular flexibility index (Phi) is 7.21. The standard InChI is InChI=1S/C29H37N3O3/c1-30-15-17-31(18-16-30)27-7-3-5-21-8-13-24(19-26(21)27)25-6-4-14-32(20-25)28(33)22-9-11-23(12-10-22)29(34)35-2/h8-13,19,25,27H,3-7,14-18,20H2,1-2H3. The normalized spacial score (nSPS) is 23.5. The van der Waals surface area contributed by atoms with E-state index in [4.69, 9.17) is 4.74 Å². The van der Waals surface area contributed by atoms with Gasteiger partial charge in [0.1, 0.15) is 0 Å². The second-order valence-corrected chi connectivity index (χ2v) is 10.4. The molecule has 0 spiro atoms. The molecule has 2 heterocycles. The third kappa shape index (κ3) is 5.14.